The van der Waals surface area contributed by atoms with Crippen LogP contribution in [0.15, 0.2) is 30.3 Å². The van der Waals surface area contributed by atoms with Gasteiger partial charge in [-0.3, -0.25) is 5.41 Å². The molecule has 2 aliphatic rings. The molecule has 154 valence electrons. The monoisotopic (exact) mass is 386 g/mol. The number of aliphatic hydroxyl groups excluding tert-OH is 1. The van der Waals surface area contributed by atoms with Gasteiger partial charge >= 0.3 is 0 Å². The second-order valence-electron chi connectivity index (χ2n) is 8.28. The molecule has 0 bridgehead atoms. The summed E-state index contributed by atoms with van der Waals surface area (Å²) < 4.78 is 11.7. The van der Waals surface area contributed by atoms with Gasteiger partial charge in [-0.25, -0.2) is 0 Å². The molecule has 3 rings (SSSR count). The number of hydrogen-bond donors (Lipinski definition) is 2. The van der Waals surface area contributed by atoms with Crippen LogP contribution in [0.25, 0.3) is 5.57 Å². The summed E-state index contributed by atoms with van der Waals surface area (Å²) in [4.78, 5) is 2.20. The number of aliphatic hydroxyl groups is 1. The molecule has 5 heteroatoms. The van der Waals surface area contributed by atoms with E-state index in [0.29, 0.717) is 12.7 Å². The van der Waals surface area contributed by atoms with E-state index < -0.39 is 0 Å². The van der Waals surface area contributed by atoms with Gasteiger partial charge in [0.25, 0.3) is 0 Å². The minimum atomic E-state index is -0.342. The van der Waals surface area contributed by atoms with Gasteiger partial charge in [0.1, 0.15) is 5.75 Å². The Labute approximate surface area is 168 Å². The summed E-state index contributed by atoms with van der Waals surface area (Å²) in [7, 11) is 2.05. The highest BCUT2D eigenvalue weighted by Gasteiger charge is 2.26. The van der Waals surface area contributed by atoms with Crippen molar-refractivity contribution in [1.29, 1.82) is 5.41 Å². The van der Waals surface area contributed by atoms with Gasteiger partial charge in [-0.05, 0) is 69.3 Å². The Hall–Kier alpha value is -1.85. The van der Waals surface area contributed by atoms with Gasteiger partial charge in [0.05, 0.1) is 18.8 Å². The molecule has 2 N–H and O–H groups in total. The number of nitrogens with zero attached hydrogens (tertiary/aromatic N) is 1. The van der Waals surface area contributed by atoms with Crippen molar-refractivity contribution in [3.8, 4) is 5.75 Å². The van der Waals surface area contributed by atoms with Gasteiger partial charge in [-0.15, -0.1) is 0 Å². The lowest BCUT2D eigenvalue weighted by Crippen LogP contribution is -2.43. The Kier molecular flexibility index (Phi) is 7.51. The van der Waals surface area contributed by atoms with Gasteiger partial charge in [-0.2, -0.15) is 0 Å². The zero-order chi connectivity index (χ0) is 19.9. The van der Waals surface area contributed by atoms with Gasteiger partial charge < -0.3 is 19.5 Å². The molecule has 1 aliphatic carbocycles. The number of hydrogen-bond acceptors (Lipinski definition) is 5. The first-order valence-electron chi connectivity index (χ1n) is 10.5. The van der Waals surface area contributed by atoms with Crippen molar-refractivity contribution in [1.82, 2.24) is 4.90 Å². The molecule has 1 saturated heterocycles. The number of rotatable bonds is 6. The average Bonchev–Trinajstić information content (AvgIpc) is 2.70. The van der Waals surface area contributed by atoms with Crippen LogP contribution in [-0.2, 0) is 4.74 Å². The van der Waals surface area contributed by atoms with Crippen LogP contribution >= 0.6 is 0 Å². The second kappa shape index (κ2) is 10.1. The van der Waals surface area contributed by atoms with Crippen LogP contribution in [0.1, 0.15) is 51.0 Å². The lowest BCUT2D eigenvalue weighted by atomic mass is 9.96. The van der Waals surface area contributed by atoms with Gasteiger partial charge in [0.2, 0.25) is 5.90 Å². The molecule has 28 heavy (non-hydrogen) atoms. The van der Waals surface area contributed by atoms with Crippen LogP contribution < -0.4 is 4.74 Å². The number of benzene rings is 1. The predicted molar refractivity (Wildman–Crippen MR) is 113 cm³/mol. The lowest BCUT2D eigenvalue weighted by Gasteiger charge is -2.33. The molecule has 1 aliphatic heterocycles. The summed E-state index contributed by atoms with van der Waals surface area (Å²) in [6.45, 7) is 4.08. The van der Waals surface area contributed by atoms with E-state index >= 15 is 0 Å². The Morgan fingerprint density at radius 1 is 1.18 bits per heavy atom. The van der Waals surface area contributed by atoms with Crippen molar-refractivity contribution < 1.29 is 14.6 Å². The molecule has 0 radical (unpaired) electrons. The molecular formula is C23H34N2O3. The average molecular weight is 387 g/mol. The van der Waals surface area contributed by atoms with E-state index in [4.69, 9.17) is 14.9 Å². The molecule has 0 spiro atoms. The normalized spacial score (nSPS) is 24.8. The summed E-state index contributed by atoms with van der Waals surface area (Å²) in [6.07, 6.45) is 8.69. The topological polar surface area (TPSA) is 65.8 Å². The zero-order valence-corrected chi connectivity index (χ0v) is 17.2. The quantitative estimate of drug-likeness (QED) is 0.570. The van der Waals surface area contributed by atoms with E-state index in [1.54, 1.807) is 6.08 Å². The van der Waals surface area contributed by atoms with Crippen LogP contribution in [0.3, 0.4) is 0 Å². The SMILES string of the molecule is CC(=CC(=N)OCC1CN(C)CCC1O)c1ccc(OC2CCCCC2)cc1. The van der Waals surface area contributed by atoms with E-state index in [-0.39, 0.29) is 17.9 Å². The minimum absolute atomic E-state index is 0.0593. The molecule has 0 aromatic heterocycles. The Morgan fingerprint density at radius 3 is 2.61 bits per heavy atom. The van der Waals surface area contributed by atoms with Crippen LogP contribution in [0.5, 0.6) is 5.75 Å². The molecular weight excluding hydrogens is 352 g/mol. The Morgan fingerprint density at radius 2 is 1.89 bits per heavy atom. The fraction of sp³-hybridized carbons (Fsp3) is 0.609. The second-order valence-corrected chi connectivity index (χ2v) is 8.28. The summed E-state index contributed by atoms with van der Waals surface area (Å²) in [5.74, 6) is 1.12. The standard InChI is InChI=1S/C23H34N2O3/c1-17(14-23(24)27-16-19-15-25(2)13-12-22(19)26)18-8-10-21(11-9-18)28-20-6-4-3-5-7-20/h8-11,14,19-20,22,24,26H,3-7,12-13,15-16H2,1-2H3. The third kappa shape index (κ3) is 6.08. The molecule has 0 amide bonds. The third-order valence-corrected chi connectivity index (χ3v) is 5.86. The number of nitrogens with one attached hydrogen (secondary N) is 1. The summed E-state index contributed by atoms with van der Waals surface area (Å²) in [5.41, 5.74) is 2.04. The molecule has 1 aromatic carbocycles. The fourth-order valence-electron chi connectivity index (χ4n) is 4.06. The maximum Gasteiger partial charge on any atom is 0.205 e. The highest BCUT2D eigenvalue weighted by Crippen LogP contribution is 2.25. The van der Waals surface area contributed by atoms with Crippen molar-refractivity contribution in [2.45, 2.75) is 57.7 Å². The van der Waals surface area contributed by atoms with E-state index in [0.717, 1.165) is 49.2 Å². The number of ether oxygens (including phenoxy) is 2. The zero-order valence-electron chi connectivity index (χ0n) is 17.2. The largest absolute Gasteiger partial charge is 0.490 e. The van der Waals surface area contributed by atoms with Gasteiger partial charge in [-0.1, -0.05) is 18.6 Å². The highest BCUT2D eigenvalue weighted by molar-refractivity contribution is 5.92. The predicted octanol–water partition coefficient (Wildman–Crippen LogP) is 4.11. The lowest BCUT2D eigenvalue weighted by molar-refractivity contribution is 0.0114. The first kappa shape index (κ1) is 20.9. The van der Waals surface area contributed by atoms with Crippen LogP contribution in [0.4, 0.5) is 0 Å². The van der Waals surface area contributed by atoms with Gasteiger partial charge in [0.15, 0.2) is 0 Å². The smallest absolute Gasteiger partial charge is 0.205 e. The highest BCUT2D eigenvalue weighted by atomic mass is 16.5. The van der Waals surface area contributed by atoms with E-state index in [1.807, 2.05) is 31.2 Å². The van der Waals surface area contributed by atoms with Crippen molar-refractivity contribution in [2.24, 2.45) is 5.92 Å². The van der Waals surface area contributed by atoms with E-state index in [2.05, 4.69) is 11.9 Å². The van der Waals surface area contributed by atoms with E-state index in [1.165, 1.54) is 19.3 Å². The summed E-state index contributed by atoms with van der Waals surface area (Å²) in [5, 5.41) is 18.2. The first-order chi connectivity index (χ1) is 13.5. The molecule has 1 aromatic rings. The van der Waals surface area contributed by atoms with Crippen LogP contribution in [0.2, 0.25) is 0 Å². The fourth-order valence-corrected chi connectivity index (χ4v) is 4.06. The molecule has 2 fully saturated rings. The number of likely N-dealkylation sites (tertiary alicyclic amines) is 1. The summed E-state index contributed by atoms with van der Waals surface area (Å²) in [6, 6.07) is 8.11. The summed E-state index contributed by atoms with van der Waals surface area (Å²) >= 11 is 0. The van der Waals surface area contributed by atoms with Crippen molar-refractivity contribution in [2.75, 3.05) is 26.7 Å². The maximum atomic E-state index is 10.1. The molecule has 2 atom stereocenters. The Bertz CT molecular complexity index is 665. The molecule has 2 unspecified atom stereocenters. The third-order valence-electron chi connectivity index (χ3n) is 5.86. The molecule has 1 saturated carbocycles. The number of piperidine rings is 1. The number of allylic oxidation sites excluding steroid dienone is 1. The Balaban J connectivity index is 1.50. The van der Waals surface area contributed by atoms with Crippen molar-refractivity contribution >= 4 is 11.5 Å². The van der Waals surface area contributed by atoms with Gasteiger partial charge in [0, 0.05) is 25.1 Å². The maximum absolute atomic E-state index is 10.1. The minimum Gasteiger partial charge on any atom is -0.490 e. The molecule has 5 nitrogen and oxygen atoms in total. The first-order valence-corrected chi connectivity index (χ1v) is 10.5. The van der Waals surface area contributed by atoms with Crippen LogP contribution in [-0.4, -0.2) is 54.9 Å². The van der Waals surface area contributed by atoms with Crippen molar-refractivity contribution in [3.63, 3.8) is 0 Å². The molecule has 1 heterocycles. The van der Waals surface area contributed by atoms with Crippen LogP contribution in [0, 0.1) is 11.3 Å². The van der Waals surface area contributed by atoms with Crippen molar-refractivity contribution in [3.05, 3.63) is 35.9 Å². The van der Waals surface area contributed by atoms with E-state index in [9.17, 15) is 5.11 Å².